The Morgan fingerprint density at radius 3 is 2.65 bits per heavy atom. The predicted octanol–water partition coefficient (Wildman–Crippen LogP) is 0.245. The molecule has 100 valence electrons. The second-order valence-electron chi connectivity index (χ2n) is 5.79. The zero-order valence-electron chi connectivity index (χ0n) is 11.6. The van der Waals surface area contributed by atoms with E-state index in [1.165, 1.54) is 13.1 Å². The minimum atomic E-state index is 0.557. The molecule has 2 aliphatic rings. The molecule has 4 atom stereocenters. The zero-order valence-corrected chi connectivity index (χ0v) is 11.6. The van der Waals surface area contributed by atoms with Crippen molar-refractivity contribution >= 4 is 0 Å². The van der Waals surface area contributed by atoms with Crippen molar-refractivity contribution in [2.75, 3.05) is 47.4 Å². The number of rotatable bonds is 3. The SMILES string of the molecule is CNC1CCOCC1N1CC(C)C(N(C)C)C1. The third-order valence-corrected chi connectivity index (χ3v) is 4.43. The summed E-state index contributed by atoms with van der Waals surface area (Å²) in [5, 5.41) is 3.45. The summed E-state index contributed by atoms with van der Waals surface area (Å²) in [5.41, 5.74) is 0. The minimum Gasteiger partial charge on any atom is -0.380 e. The predicted molar refractivity (Wildman–Crippen MR) is 70.3 cm³/mol. The van der Waals surface area contributed by atoms with Crippen molar-refractivity contribution in [2.24, 2.45) is 5.92 Å². The number of likely N-dealkylation sites (tertiary alicyclic amines) is 1. The molecule has 0 aromatic rings. The van der Waals surface area contributed by atoms with Crippen LogP contribution in [0, 0.1) is 5.92 Å². The molecule has 4 nitrogen and oxygen atoms in total. The Hall–Kier alpha value is -0.160. The first-order valence-electron chi connectivity index (χ1n) is 6.79. The molecule has 0 spiro atoms. The molecule has 0 aromatic carbocycles. The zero-order chi connectivity index (χ0) is 12.4. The van der Waals surface area contributed by atoms with Crippen LogP contribution in [-0.2, 0) is 4.74 Å². The third-order valence-electron chi connectivity index (χ3n) is 4.43. The van der Waals surface area contributed by atoms with Crippen LogP contribution in [0.1, 0.15) is 13.3 Å². The van der Waals surface area contributed by atoms with E-state index in [0.29, 0.717) is 18.1 Å². The lowest BCUT2D eigenvalue weighted by Crippen LogP contribution is -2.54. The van der Waals surface area contributed by atoms with Gasteiger partial charge in [-0.25, -0.2) is 0 Å². The fourth-order valence-electron chi connectivity index (χ4n) is 3.35. The van der Waals surface area contributed by atoms with Crippen molar-refractivity contribution in [3.63, 3.8) is 0 Å². The molecule has 2 heterocycles. The Morgan fingerprint density at radius 2 is 2.06 bits per heavy atom. The number of hydrogen-bond donors (Lipinski definition) is 1. The van der Waals surface area contributed by atoms with Gasteiger partial charge >= 0.3 is 0 Å². The third kappa shape index (κ3) is 2.81. The Morgan fingerprint density at radius 1 is 1.29 bits per heavy atom. The second-order valence-corrected chi connectivity index (χ2v) is 5.79. The standard InChI is InChI=1S/C13H27N3O/c1-10-7-16(8-12(10)15(3)4)13-9-17-6-5-11(13)14-2/h10-14H,5-9H2,1-4H3. The first-order valence-corrected chi connectivity index (χ1v) is 6.79. The number of hydrogen-bond acceptors (Lipinski definition) is 4. The fraction of sp³-hybridized carbons (Fsp3) is 1.00. The highest BCUT2D eigenvalue weighted by Gasteiger charge is 2.38. The number of nitrogens with one attached hydrogen (secondary N) is 1. The van der Waals surface area contributed by atoms with Crippen LogP contribution >= 0.6 is 0 Å². The monoisotopic (exact) mass is 241 g/mol. The molecule has 4 heteroatoms. The quantitative estimate of drug-likeness (QED) is 0.766. The van der Waals surface area contributed by atoms with Gasteiger partial charge in [0.2, 0.25) is 0 Å². The van der Waals surface area contributed by atoms with Crippen molar-refractivity contribution in [1.29, 1.82) is 0 Å². The summed E-state index contributed by atoms with van der Waals surface area (Å²) in [5.74, 6) is 0.754. The van der Waals surface area contributed by atoms with Crippen LogP contribution < -0.4 is 5.32 Å². The number of ether oxygens (including phenoxy) is 1. The van der Waals surface area contributed by atoms with Crippen LogP contribution in [0.4, 0.5) is 0 Å². The highest BCUT2D eigenvalue weighted by Crippen LogP contribution is 2.25. The molecule has 0 saturated carbocycles. The molecule has 2 fully saturated rings. The van der Waals surface area contributed by atoms with Crippen LogP contribution in [0.5, 0.6) is 0 Å². The summed E-state index contributed by atoms with van der Waals surface area (Å²) < 4.78 is 5.66. The van der Waals surface area contributed by atoms with Crippen molar-refractivity contribution < 1.29 is 4.74 Å². The average Bonchev–Trinajstić information content (AvgIpc) is 2.71. The number of likely N-dealkylation sites (N-methyl/N-ethyl adjacent to an activating group) is 2. The molecule has 0 aliphatic carbocycles. The van der Waals surface area contributed by atoms with Crippen molar-refractivity contribution in [3.8, 4) is 0 Å². The van der Waals surface area contributed by atoms with E-state index < -0.39 is 0 Å². The summed E-state index contributed by atoms with van der Waals surface area (Å²) in [4.78, 5) is 4.98. The van der Waals surface area contributed by atoms with Crippen LogP contribution in [0.2, 0.25) is 0 Å². The van der Waals surface area contributed by atoms with Crippen LogP contribution in [0.15, 0.2) is 0 Å². The van der Waals surface area contributed by atoms with Crippen LogP contribution in [0.3, 0.4) is 0 Å². The van der Waals surface area contributed by atoms with Gasteiger partial charge < -0.3 is 15.0 Å². The van der Waals surface area contributed by atoms with Gasteiger partial charge in [0.1, 0.15) is 0 Å². The van der Waals surface area contributed by atoms with Gasteiger partial charge in [0.15, 0.2) is 0 Å². The smallest absolute Gasteiger partial charge is 0.0637 e. The Labute approximate surface area is 105 Å². The second kappa shape index (κ2) is 5.65. The average molecular weight is 241 g/mol. The largest absolute Gasteiger partial charge is 0.380 e. The Bertz CT molecular complexity index is 247. The van der Waals surface area contributed by atoms with E-state index in [1.54, 1.807) is 0 Å². The van der Waals surface area contributed by atoms with E-state index in [9.17, 15) is 0 Å². The van der Waals surface area contributed by atoms with Crippen LogP contribution in [-0.4, -0.2) is 75.4 Å². The number of nitrogens with zero attached hydrogens (tertiary/aromatic N) is 2. The normalized spacial score (nSPS) is 40.1. The molecule has 0 radical (unpaired) electrons. The van der Waals surface area contributed by atoms with Crippen molar-refractivity contribution in [1.82, 2.24) is 15.1 Å². The van der Waals surface area contributed by atoms with E-state index >= 15 is 0 Å². The highest BCUT2D eigenvalue weighted by molar-refractivity contribution is 4.95. The maximum Gasteiger partial charge on any atom is 0.0637 e. The van der Waals surface area contributed by atoms with E-state index in [-0.39, 0.29) is 0 Å². The van der Waals surface area contributed by atoms with Gasteiger partial charge in [-0.15, -0.1) is 0 Å². The Kier molecular flexibility index (Phi) is 4.42. The maximum atomic E-state index is 5.66. The lowest BCUT2D eigenvalue weighted by atomic mass is 10.0. The summed E-state index contributed by atoms with van der Waals surface area (Å²) in [6.07, 6.45) is 1.14. The molecule has 4 unspecified atom stereocenters. The van der Waals surface area contributed by atoms with Gasteiger partial charge in [-0.3, -0.25) is 4.90 Å². The van der Waals surface area contributed by atoms with Gasteiger partial charge in [0.25, 0.3) is 0 Å². The van der Waals surface area contributed by atoms with Gasteiger partial charge in [-0.1, -0.05) is 6.92 Å². The molecular formula is C13H27N3O. The Balaban J connectivity index is 1.98. The molecule has 17 heavy (non-hydrogen) atoms. The first kappa shape index (κ1) is 13.3. The lowest BCUT2D eigenvalue weighted by Gasteiger charge is -2.38. The topological polar surface area (TPSA) is 27.7 Å². The van der Waals surface area contributed by atoms with Crippen LogP contribution in [0.25, 0.3) is 0 Å². The van der Waals surface area contributed by atoms with E-state index in [1.807, 2.05) is 0 Å². The lowest BCUT2D eigenvalue weighted by molar-refractivity contribution is 0.00465. The molecule has 0 amide bonds. The van der Waals surface area contributed by atoms with E-state index in [4.69, 9.17) is 4.74 Å². The summed E-state index contributed by atoms with van der Waals surface area (Å²) >= 11 is 0. The molecule has 2 aliphatic heterocycles. The molecule has 0 bridgehead atoms. The molecule has 1 N–H and O–H groups in total. The van der Waals surface area contributed by atoms with Crippen molar-refractivity contribution in [3.05, 3.63) is 0 Å². The van der Waals surface area contributed by atoms with Gasteiger partial charge in [-0.2, -0.15) is 0 Å². The van der Waals surface area contributed by atoms with Crippen molar-refractivity contribution in [2.45, 2.75) is 31.5 Å². The van der Waals surface area contributed by atoms with E-state index in [2.05, 4.69) is 43.2 Å². The molecular weight excluding hydrogens is 214 g/mol. The summed E-state index contributed by atoms with van der Waals surface area (Å²) in [6, 6.07) is 1.84. The maximum absolute atomic E-state index is 5.66. The summed E-state index contributed by atoms with van der Waals surface area (Å²) in [7, 11) is 6.46. The highest BCUT2D eigenvalue weighted by atomic mass is 16.5. The molecule has 2 saturated heterocycles. The van der Waals surface area contributed by atoms with E-state index in [0.717, 1.165) is 25.6 Å². The fourth-order valence-corrected chi connectivity index (χ4v) is 3.35. The van der Waals surface area contributed by atoms with Gasteiger partial charge in [0, 0.05) is 37.8 Å². The summed E-state index contributed by atoms with van der Waals surface area (Å²) in [6.45, 7) is 6.54. The van der Waals surface area contributed by atoms with Gasteiger partial charge in [0.05, 0.1) is 6.61 Å². The first-order chi connectivity index (χ1) is 8.13. The molecule has 2 rings (SSSR count). The van der Waals surface area contributed by atoms with Gasteiger partial charge in [-0.05, 0) is 33.5 Å². The minimum absolute atomic E-state index is 0.557. The molecule has 0 aromatic heterocycles.